The Bertz CT molecular complexity index is 1220. The number of benzene rings is 3. The van der Waals surface area contributed by atoms with Crippen LogP contribution in [0.25, 0.3) is 0 Å². The van der Waals surface area contributed by atoms with Crippen LogP contribution in [0.1, 0.15) is 40.7 Å². The maximum absolute atomic E-state index is 14.0. The van der Waals surface area contributed by atoms with Gasteiger partial charge in [-0.25, -0.2) is 18.8 Å². The fraction of sp³-hybridized carbons (Fsp3) is 0.200. The number of piperidine rings is 1. The smallest absolute Gasteiger partial charge is 0.265 e. The number of hydrogen-bond donors (Lipinski definition) is 1. The number of hydrazine groups is 1. The minimum Gasteiger partial charge on any atom is -0.285 e. The number of halogens is 2. The minimum atomic E-state index is -0.922. The average molecular weight is 450 g/mol. The van der Waals surface area contributed by atoms with E-state index in [1.54, 1.807) is 23.9 Å². The standard InChI is InChI=1S/C25H21F2N3OS/c26-19-10-8-16(14-20(19)27)24-18-6-2-3-7-22(18)32-23-11-9-17(15-21(23)28-24)25(31)29-30-12-4-1-5-13-30/h2-3,6-11,14-15H,1,4-5,12-13H2,(H,29,31). The lowest BCUT2D eigenvalue weighted by molar-refractivity contribution is 0.0750. The molecule has 4 nitrogen and oxygen atoms in total. The van der Waals surface area contributed by atoms with Crippen LogP contribution < -0.4 is 5.43 Å². The lowest BCUT2D eigenvalue weighted by atomic mass is 10.0. The Hall–Kier alpha value is -3.03. The van der Waals surface area contributed by atoms with E-state index in [2.05, 4.69) is 5.43 Å². The number of aliphatic imine (C=N–C) groups is 1. The Labute approximate surface area is 189 Å². The van der Waals surface area contributed by atoms with E-state index < -0.39 is 11.6 Å². The van der Waals surface area contributed by atoms with Gasteiger partial charge < -0.3 is 0 Å². The van der Waals surface area contributed by atoms with Crippen LogP contribution in [-0.4, -0.2) is 29.7 Å². The van der Waals surface area contributed by atoms with Gasteiger partial charge in [-0.15, -0.1) is 0 Å². The Morgan fingerprint density at radius 3 is 2.53 bits per heavy atom. The summed E-state index contributed by atoms with van der Waals surface area (Å²) in [5.74, 6) is -2.00. The van der Waals surface area contributed by atoms with Crippen LogP contribution >= 0.6 is 11.8 Å². The number of fused-ring (bicyclic) bond motifs is 2. The third kappa shape index (κ3) is 4.18. The van der Waals surface area contributed by atoms with E-state index in [0.717, 1.165) is 53.4 Å². The molecule has 5 rings (SSSR count). The molecule has 1 amide bonds. The molecule has 1 fully saturated rings. The predicted molar refractivity (Wildman–Crippen MR) is 122 cm³/mol. The SMILES string of the molecule is O=C(NN1CCCCC1)c1ccc2c(c1)N=C(c1ccc(F)c(F)c1)c1ccccc1S2. The van der Waals surface area contributed by atoms with E-state index >= 15 is 0 Å². The van der Waals surface area contributed by atoms with Crippen molar-refractivity contribution in [1.29, 1.82) is 0 Å². The lowest BCUT2D eigenvalue weighted by Crippen LogP contribution is -2.45. The third-order valence-electron chi connectivity index (χ3n) is 5.62. The maximum atomic E-state index is 14.0. The first-order valence-corrected chi connectivity index (χ1v) is 11.4. The second-order valence-corrected chi connectivity index (χ2v) is 8.94. The molecular formula is C25H21F2N3OS. The van der Waals surface area contributed by atoms with Crippen LogP contribution in [0, 0.1) is 11.6 Å². The van der Waals surface area contributed by atoms with Crippen LogP contribution in [0.15, 0.2) is 75.4 Å². The number of nitrogens with zero attached hydrogens (tertiary/aromatic N) is 2. The second-order valence-electron chi connectivity index (χ2n) is 7.86. The summed E-state index contributed by atoms with van der Waals surface area (Å²) >= 11 is 1.54. The summed E-state index contributed by atoms with van der Waals surface area (Å²) in [6, 6.07) is 16.9. The molecule has 32 heavy (non-hydrogen) atoms. The molecule has 0 aliphatic carbocycles. The number of rotatable bonds is 3. The van der Waals surface area contributed by atoms with Gasteiger partial charge in [0.15, 0.2) is 11.6 Å². The van der Waals surface area contributed by atoms with Crippen molar-refractivity contribution >= 4 is 29.1 Å². The van der Waals surface area contributed by atoms with Crippen molar-refractivity contribution in [2.24, 2.45) is 4.99 Å². The molecule has 0 radical (unpaired) electrons. The third-order valence-corrected chi connectivity index (χ3v) is 6.77. The Morgan fingerprint density at radius 2 is 1.72 bits per heavy atom. The average Bonchev–Trinajstić information content (AvgIpc) is 2.98. The fourth-order valence-corrected chi connectivity index (χ4v) is 4.96. The number of hydrogen-bond acceptors (Lipinski definition) is 4. The Kier molecular flexibility index (Phi) is 5.76. The number of nitrogens with one attached hydrogen (secondary N) is 1. The molecule has 3 aromatic rings. The van der Waals surface area contributed by atoms with Crippen LogP contribution in [-0.2, 0) is 0 Å². The molecule has 1 saturated heterocycles. The van der Waals surface area contributed by atoms with Crippen LogP contribution in [0.2, 0.25) is 0 Å². The molecule has 0 aromatic heterocycles. The zero-order chi connectivity index (χ0) is 22.1. The van der Waals surface area contributed by atoms with E-state index in [1.807, 2.05) is 35.3 Å². The highest BCUT2D eigenvalue weighted by molar-refractivity contribution is 7.99. The Balaban J connectivity index is 1.55. The van der Waals surface area contributed by atoms with Crippen molar-refractivity contribution in [2.45, 2.75) is 29.1 Å². The molecular weight excluding hydrogens is 428 g/mol. The van der Waals surface area contributed by atoms with Gasteiger partial charge in [-0.2, -0.15) is 0 Å². The van der Waals surface area contributed by atoms with E-state index in [1.165, 1.54) is 12.5 Å². The van der Waals surface area contributed by atoms with Gasteiger partial charge in [-0.1, -0.05) is 36.4 Å². The summed E-state index contributed by atoms with van der Waals surface area (Å²) in [5.41, 5.74) is 5.96. The summed E-state index contributed by atoms with van der Waals surface area (Å²) in [4.78, 5) is 19.5. The van der Waals surface area contributed by atoms with Crippen LogP contribution in [0.5, 0.6) is 0 Å². The predicted octanol–water partition coefficient (Wildman–Crippen LogP) is 5.73. The molecule has 0 atom stereocenters. The maximum Gasteiger partial charge on any atom is 0.265 e. The normalized spacial score (nSPS) is 15.9. The van der Waals surface area contributed by atoms with Gasteiger partial charge in [-0.05, 0) is 55.3 Å². The zero-order valence-corrected chi connectivity index (χ0v) is 18.1. The molecule has 0 bridgehead atoms. The van der Waals surface area contributed by atoms with Gasteiger partial charge >= 0.3 is 0 Å². The van der Waals surface area contributed by atoms with Gasteiger partial charge in [0.05, 0.1) is 11.4 Å². The first-order chi connectivity index (χ1) is 15.6. The number of carbonyl (C=O) groups is 1. The molecule has 0 saturated carbocycles. The first kappa shape index (κ1) is 20.8. The molecule has 1 N–H and O–H groups in total. The molecule has 0 spiro atoms. The lowest BCUT2D eigenvalue weighted by Gasteiger charge is -2.26. The topological polar surface area (TPSA) is 44.7 Å². The van der Waals surface area contributed by atoms with Crippen molar-refractivity contribution in [3.8, 4) is 0 Å². The van der Waals surface area contributed by atoms with Crippen molar-refractivity contribution in [3.05, 3.63) is 89.0 Å². The van der Waals surface area contributed by atoms with E-state index in [0.29, 0.717) is 22.5 Å². The highest BCUT2D eigenvalue weighted by Gasteiger charge is 2.21. The van der Waals surface area contributed by atoms with Crippen molar-refractivity contribution in [1.82, 2.24) is 10.4 Å². The number of amides is 1. The quantitative estimate of drug-likeness (QED) is 0.435. The number of carbonyl (C=O) groups excluding carboxylic acids is 1. The van der Waals surface area contributed by atoms with Gasteiger partial charge in [0.25, 0.3) is 5.91 Å². The second kappa shape index (κ2) is 8.84. The largest absolute Gasteiger partial charge is 0.285 e. The molecule has 2 aliphatic heterocycles. The van der Waals surface area contributed by atoms with E-state index in [4.69, 9.17) is 4.99 Å². The fourth-order valence-electron chi connectivity index (χ4n) is 3.96. The van der Waals surface area contributed by atoms with Crippen LogP contribution in [0.3, 0.4) is 0 Å². The Morgan fingerprint density at radius 1 is 0.906 bits per heavy atom. The first-order valence-electron chi connectivity index (χ1n) is 10.6. The molecule has 162 valence electrons. The summed E-state index contributed by atoms with van der Waals surface area (Å²) in [7, 11) is 0. The van der Waals surface area contributed by atoms with Gasteiger partial charge in [0, 0.05) is 39.6 Å². The van der Waals surface area contributed by atoms with Gasteiger partial charge in [0.1, 0.15) is 0 Å². The molecule has 0 unspecified atom stereocenters. The summed E-state index contributed by atoms with van der Waals surface area (Å²) in [5, 5.41) is 1.96. The summed E-state index contributed by atoms with van der Waals surface area (Å²) in [6.07, 6.45) is 3.33. The molecule has 2 aliphatic rings. The highest BCUT2D eigenvalue weighted by atomic mass is 32.2. The summed E-state index contributed by atoms with van der Waals surface area (Å²) in [6.45, 7) is 1.69. The van der Waals surface area contributed by atoms with Crippen molar-refractivity contribution < 1.29 is 13.6 Å². The van der Waals surface area contributed by atoms with Gasteiger partial charge in [0.2, 0.25) is 0 Å². The van der Waals surface area contributed by atoms with E-state index in [9.17, 15) is 13.6 Å². The highest BCUT2D eigenvalue weighted by Crippen LogP contribution is 2.41. The molecule has 2 heterocycles. The van der Waals surface area contributed by atoms with Crippen molar-refractivity contribution in [2.75, 3.05) is 13.1 Å². The van der Waals surface area contributed by atoms with Gasteiger partial charge in [-0.3, -0.25) is 10.2 Å². The minimum absolute atomic E-state index is 0.175. The molecule has 7 heteroatoms. The van der Waals surface area contributed by atoms with Crippen molar-refractivity contribution in [3.63, 3.8) is 0 Å². The monoisotopic (exact) mass is 449 g/mol. The van der Waals surface area contributed by atoms with E-state index in [-0.39, 0.29) is 5.91 Å². The summed E-state index contributed by atoms with van der Waals surface area (Å²) < 4.78 is 27.6. The zero-order valence-electron chi connectivity index (χ0n) is 17.3. The van der Waals surface area contributed by atoms with Crippen LogP contribution in [0.4, 0.5) is 14.5 Å². The molecule has 3 aromatic carbocycles.